The van der Waals surface area contributed by atoms with E-state index in [0.29, 0.717) is 36.8 Å². The zero-order chi connectivity index (χ0) is 20.4. The molecule has 2 heterocycles. The topological polar surface area (TPSA) is 134 Å². The summed E-state index contributed by atoms with van der Waals surface area (Å²) in [5.74, 6) is 0.861. The highest BCUT2D eigenvalue weighted by Crippen LogP contribution is 2.45. The van der Waals surface area contributed by atoms with Gasteiger partial charge in [0.15, 0.2) is 0 Å². The minimum Gasteiger partial charge on any atom is -0.394 e. The minimum absolute atomic E-state index is 0.180. The van der Waals surface area contributed by atoms with E-state index in [0.717, 1.165) is 12.8 Å². The molecule has 2 aliphatic rings. The van der Waals surface area contributed by atoms with Crippen LogP contribution in [0.5, 0.6) is 0 Å². The molecule has 158 valence electrons. The molecule has 0 bridgehead atoms. The number of aliphatic hydroxyl groups excluding tert-OH is 4. The molecule has 9 heteroatoms. The Morgan fingerprint density at radius 3 is 2.64 bits per heavy atom. The Morgan fingerprint density at radius 2 is 2.00 bits per heavy atom. The van der Waals surface area contributed by atoms with Crippen molar-refractivity contribution in [2.75, 3.05) is 13.2 Å². The van der Waals surface area contributed by atoms with Crippen molar-refractivity contribution in [2.24, 2.45) is 11.8 Å². The third kappa shape index (κ3) is 4.55. The molecule has 1 aromatic rings. The maximum atomic E-state index is 12.8. The molecule has 1 aliphatic heterocycles. The maximum absolute atomic E-state index is 12.8. The van der Waals surface area contributed by atoms with Crippen molar-refractivity contribution < 1.29 is 25.2 Å². The van der Waals surface area contributed by atoms with Crippen LogP contribution in [0.25, 0.3) is 0 Å². The zero-order valence-electron chi connectivity index (χ0n) is 16.1. The molecule has 4 N–H and O–H groups in total. The molecular weight excluding hydrogens is 368 g/mol. The molecule has 6 atom stereocenters. The van der Waals surface area contributed by atoms with Crippen LogP contribution in [-0.2, 0) is 11.3 Å². The van der Waals surface area contributed by atoms with E-state index >= 15 is 0 Å². The number of aliphatic hydroxyl groups is 4. The Hall–Kier alpha value is -1.52. The summed E-state index contributed by atoms with van der Waals surface area (Å²) < 4.78 is 8.09. The van der Waals surface area contributed by atoms with Crippen molar-refractivity contribution >= 4 is 0 Å². The number of hydrogen-bond acceptors (Lipinski definition) is 7. The summed E-state index contributed by atoms with van der Waals surface area (Å²) in [6.45, 7) is 1.37. The van der Waals surface area contributed by atoms with E-state index < -0.39 is 30.2 Å². The first kappa shape index (κ1) is 21.2. The summed E-state index contributed by atoms with van der Waals surface area (Å²) in [5.41, 5.74) is -0.392. The number of aromatic nitrogens is 2. The van der Waals surface area contributed by atoms with Crippen LogP contribution in [0.2, 0.25) is 0 Å². The number of hydrogen-bond donors (Lipinski definition) is 4. The Labute approximate surface area is 162 Å². The second kappa shape index (κ2) is 8.87. The first-order chi connectivity index (χ1) is 13.3. The van der Waals surface area contributed by atoms with Gasteiger partial charge in [-0.3, -0.25) is 13.9 Å². The van der Waals surface area contributed by atoms with Crippen molar-refractivity contribution in [3.05, 3.63) is 32.6 Å². The quantitative estimate of drug-likeness (QED) is 0.424. The van der Waals surface area contributed by atoms with Crippen LogP contribution in [0.1, 0.15) is 43.9 Å². The molecular formula is C19H30N2O7. The smallest absolute Gasteiger partial charge is 0.333 e. The highest BCUT2D eigenvalue weighted by molar-refractivity contribution is 5.04. The van der Waals surface area contributed by atoms with Gasteiger partial charge in [-0.15, -0.1) is 0 Å². The van der Waals surface area contributed by atoms with E-state index in [-0.39, 0.29) is 25.2 Å². The molecule has 0 radical (unpaired) electrons. The Bertz CT molecular complexity index is 789. The zero-order valence-corrected chi connectivity index (χ0v) is 16.1. The molecule has 1 saturated heterocycles. The lowest BCUT2D eigenvalue weighted by Gasteiger charge is -2.17. The van der Waals surface area contributed by atoms with Gasteiger partial charge in [0.05, 0.1) is 25.4 Å². The summed E-state index contributed by atoms with van der Waals surface area (Å²) in [7, 11) is 0. The number of ether oxygens (including phenoxy) is 1. The van der Waals surface area contributed by atoms with Gasteiger partial charge in [0.25, 0.3) is 5.56 Å². The lowest BCUT2D eigenvalue weighted by Crippen LogP contribution is -2.42. The first-order valence-corrected chi connectivity index (χ1v) is 9.91. The second-order valence-electron chi connectivity index (χ2n) is 8.04. The number of rotatable bonds is 9. The van der Waals surface area contributed by atoms with Crippen LogP contribution in [0.4, 0.5) is 0 Å². The van der Waals surface area contributed by atoms with Gasteiger partial charge in [-0.05, 0) is 44.4 Å². The molecule has 1 aromatic heterocycles. The van der Waals surface area contributed by atoms with Crippen molar-refractivity contribution in [2.45, 2.75) is 70.1 Å². The normalized spacial score (nSPS) is 30.5. The van der Waals surface area contributed by atoms with Gasteiger partial charge in [0.2, 0.25) is 0 Å². The van der Waals surface area contributed by atoms with Crippen LogP contribution in [0.3, 0.4) is 0 Å². The standard InChI is InChI=1S/C19H30N2O7/c1-11-8-21(17-7-15(25)16(10-23)28-17)19(27)20(18(11)26)4-2-3-12-5-13(12)6-14(24)9-22/h8,12-17,22-25H,2-7,9-10H2,1H3/t12?,13?,14?,15-,16+,17+/m0/s1. The molecule has 28 heavy (non-hydrogen) atoms. The van der Waals surface area contributed by atoms with E-state index in [4.69, 9.17) is 9.84 Å². The van der Waals surface area contributed by atoms with Gasteiger partial charge in [-0.1, -0.05) is 0 Å². The van der Waals surface area contributed by atoms with Crippen LogP contribution in [0, 0.1) is 18.8 Å². The van der Waals surface area contributed by atoms with Gasteiger partial charge in [0.1, 0.15) is 12.3 Å². The van der Waals surface area contributed by atoms with E-state index in [2.05, 4.69) is 0 Å². The van der Waals surface area contributed by atoms with Crippen LogP contribution in [-0.4, -0.2) is 61.1 Å². The molecule has 0 amide bonds. The largest absolute Gasteiger partial charge is 0.394 e. The minimum atomic E-state index is -0.858. The Morgan fingerprint density at radius 1 is 1.25 bits per heavy atom. The summed E-state index contributed by atoms with van der Waals surface area (Å²) in [5, 5.41) is 37.6. The molecule has 0 aromatic carbocycles. The predicted molar refractivity (Wildman–Crippen MR) is 99.9 cm³/mol. The second-order valence-corrected chi connectivity index (χ2v) is 8.04. The summed E-state index contributed by atoms with van der Waals surface area (Å²) in [6, 6.07) is 0. The van der Waals surface area contributed by atoms with Crippen molar-refractivity contribution in [3.63, 3.8) is 0 Å². The van der Waals surface area contributed by atoms with Crippen LogP contribution < -0.4 is 11.2 Å². The summed E-state index contributed by atoms with van der Waals surface area (Å²) in [6.07, 6.45) is 1.76. The average Bonchev–Trinajstić information content (AvgIpc) is 3.29. The van der Waals surface area contributed by atoms with Gasteiger partial charge < -0.3 is 25.2 Å². The van der Waals surface area contributed by atoms with Crippen LogP contribution >= 0.6 is 0 Å². The molecule has 2 fully saturated rings. The lowest BCUT2D eigenvalue weighted by molar-refractivity contribution is -0.0464. The van der Waals surface area contributed by atoms with Gasteiger partial charge in [0, 0.05) is 24.7 Å². The number of aryl methyl sites for hydroxylation is 1. The molecule has 1 aliphatic carbocycles. The van der Waals surface area contributed by atoms with Gasteiger partial charge >= 0.3 is 5.69 Å². The lowest BCUT2D eigenvalue weighted by atomic mass is 10.1. The third-order valence-electron chi connectivity index (χ3n) is 5.87. The van der Waals surface area contributed by atoms with Crippen molar-refractivity contribution in [3.8, 4) is 0 Å². The average molecular weight is 398 g/mol. The van der Waals surface area contributed by atoms with Crippen molar-refractivity contribution in [1.82, 2.24) is 9.13 Å². The SMILES string of the molecule is Cc1cn([C@H]2C[C@H](O)[C@@H](CO)O2)c(=O)n(CCCC2CC2CC(O)CO)c1=O. The van der Waals surface area contributed by atoms with Gasteiger partial charge in [-0.25, -0.2) is 4.79 Å². The highest BCUT2D eigenvalue weighted by Gasteiger charge is 2.37. The van der Waals surface area contributed by atoms with E-state index in [1.54, 1.807) is 6.92 Å². The first-order valence-electron chi connectivity index (χ1n) is 9.91. The summed E-state index contributed by atoms with van der Waals surface area (Å²) in [4.78, 5) is 25.3. The number of nitrogens with zero attached hydrogens (tertiary/aromatic N) is 2. The molecule has 1 saturated carbocycles. The van der Waals surface area contributed by atoms with E-state index in [1.165, 1.54) is 15.3 Å². The molecule has 9 nitrogen and oxygen atoms in total. The fraction of sp³-hybridized carbons (Fsp3) is 0.789. The Balaban J connectivity index is 1.65. The third-order valence-corrected chi connectivity index (χ3v) is 5.87. The maximum Gasteiger partial charge on any atom is 0.333 e. The monoisotopic (exact) mass is 398 g/mol. The fourth-order valence-electron chi connectivity index (χ4n) is 4.10. The van der Waals surface area contributed by atoms with Crippen LogP contribution in [0.15, 0.2) is 15.8 Å². The fourth-order valence-corrected chi connectivity index (χ4v) is 4.10. The van der Waals surface area contributed by atoms with Gasteiger partial charge in [-0.2, -0.15) is 0 Å². The highest BCUT2D eigenvalue weighted by atomic mass is 16.5. The predicted octanol–water partition coefficient (Wildman–Crippen LogP) is -0.881. The van der Waals surface area contributed by atoms with E-state index in [1.807, 2.05) is 0 Å². The molecule has 3 rings (SSSR count). The molecule has 0 spiro atoms. The van der Waals surface area contributed by atoms with E-state index in [9.17, 15) is 24.9 Å². The van der Waals surface area contributed by atoms with Crippen molar-refractivity contribution in [1.29, 1.82) is 0 Å². The molecule has 3 unspecified atom stereocenters. The Kier molecular flexibility index (Phi) is 6.72. The summed E-state index contributed by atoms with van der Waals surface area (Å²) >= 11 is 0.